The smallest absolute Gasteiger partial charge is 0.222 e. The summed E-state index contributed by atoms with van der Waals surface area (Å²) in [5.41, 5.74) is 0.0555. The van der Waals surface area contributed by atoms with Crippen molar-refractivity contribution in [3.05, 3.63) is 0 Å². The van der Waals surface area contributed by atoms with Crippen molar-refractivity contribution in [1.29, 1.82) is 0 Å². The second kappa shape index (κ2) is 8.66. The molecule has 3 heteroatoms. The van der Waals surface area contributed by atoms with Gasteiger partial charge in [-0.05, 0) is 39.2 Å². The number of hydrogen-bond donors (Lipinski definition) is 2. The van der Waals surface area contributed by atoms with E-state index in [1.807, 2.05) is 7.05 Å². The quantitative estimate of drug-likeness (QED) is 0.714. The first-order valence-electron chi connectivity index (χ1n) is 8.46. The van der Waals surface area contributed by atoms with Crippen LogP contribution in [-0.2, 0) is 4.79 Å². The summed E-state index contributed by atoms with van der Waals surface area (Å²) in [6, 6.07) is 0.304. The number of rotatable bonds is 8. The first-order chi connectivity index (χ1) is 9.47. The molecule has 0 heterocycles. The molecule has 0 aromatic carbocycles. The van der Waals surface area contributed by atoms with E-state index in [9.17, 15) is 4.79 Å². The molecule has 1 unspecified atom stereocenters. The molecular weight excluding hydrogens is 248 g/mol. The Labute approximate surface area is 125 Å². The molecule has 0 aromatic heterocycles. The van der Waals surface area contributed by atoms with Crippen molar-refractivity contribution in [3.8, 4) is 0 Å². The first-order valence-corrected chi connectivity index (χ1v) is 8.46. The van der Waals surface area contributed by atoms with Crippen molar-refractivity contribution in [2.45, 2.75) is 90.1 Å². The van der Waals surface area contributed by atoms with E-state index in [1.165, 1.54) is 32.1 Å². The van der Waals surface area contributed by atoms with Gasteiger partial charge in [-0.3, -0.25) is 4.79 Å². The molecule has 1 atom stereocenters. The van der Waals surface area contributed by atoms with Gasteiger partial charge in [0.15, 0.2) is 0 Å². The van der Waals surface area contributed by atoms with E-state index in [1.54, 1.807) is 0 Å². The summed E-state index contributed by atoms with van der Waals surface area (Å²) < 4.78 is 0. The fourth-order valence-corrected chi connectivity index (χ4v) is 3.28. The Balaban J connectivity index is 2.30. The highest BCUT2D eigenvalue weighted by Crippen LogP contribution is 2.30. The van der Waals surface area contributed by atoms with E-state index in [0.717, 1.165) is 25.2 Å². The van der Waals surface area contributed by atoms with Crippen molar-refractivity contribution in [3.63, 3.8) is 0 Å². The van der Waals surface area contributed by atoms with Gasteiger partial charge in [0.05, 0.1) is 0 Å². The molecule has 0 spiro atoms. The Bertz CT molecular complexity index is 283. The van der Waals surface area contributed by atoms with Gasteiger partial charge in [0.25, 0.3) is 0 Å². The van der Waals surface area contributed by atoms with Crippen LogP contribution in [0, 0.1) is 5.92 Å². The van der Waals surface area contributed by atoms with Crippen LogP contribution < -0.4 is 10.6 Å². The van der Waals surface area contributed by atoms with E-state index in [2.05, 4.69) is 31.4 Å². The predicted octanol–water partition coefficient (Wildman–Crippen LogP) is 3.63. The SMILES string of the molecule is CNC1(CC(=O)NC(C)CCCC(C)C)CCCCC1. The van der Waals surface area contributed by atoms with Crippen molar-refractivity contribution >= 4 is 5.91 Å². The lowest BCUT2D eigenvalue weighted by Gasteiger charge is -2.37. The van der Waals surface area contributed by atoms with E-state index in [4.69, 9.17) is 0 Å². The molecule has 3 nitrogen and oxygen atoms in total. The highest BCUT2D eigenvalue weighted by Gasteiger charge is 2.32. The number of carbonyl (C=O) groups is 1. The summed E-state index contributed by atoms with van der Waals surface area (Å²) >= 11 is 0. The monoisotopic (exact) mass is 282 g/mol. The van der Waals surface area contributed by atoms with Crippen LogP contribution in [0.15, 0.2) is 0 Å². The molecule has 1 fully saturated rings. The third-order valence-electron chi connectivity index (χ3n) is 4.67. The van der Waals surface area contributed by atoms with Gasteiger partial charge in [-0.2, -0.15) is 0 Å². The predicted molar refractivity (Wildman–Crippen MR) is 85.8 cm³/mol. The van der Waals surface area contributed by atoms with Gasteiger partial charge in [-0.1, -0.05) is 46.0 Å². The zero-order chi connectivity index (χ0) is 15.0. The van der Waals surface area contributed by atoms with Crippen LogP contribution in [0.5, 0.6) is 0 Å². The van der Waals surface area contributed by atoms with Crippen LogP contribution in [-0.4, -0.2) is 24.5 Å². The van der Waals surface area contributed by atoms with Crippen LogP contribution in [0.4, 0.5) is 0 Å². The topological polar surface area (TPSA) is 41.1 Å². The molecule has 1 aliphatic carbocycles. The van der Waals surface area contributed by atoms with E-state index < -0.39 is 0 Å². The van der Waals surface area contributed by atoms with E-state index >= 15 is 0 Å². The molecule has 1 saturated carbocycles. The summed E-state index contributed by atoms with van der Waals surface area (Å²) in [6.45, 7) is 6.64. The fourth-order valence-electron chi connectivity index (χ4n) is 3.28. The average Bonchev–Trinajstić information content (AvgIpc) is 2.39. The minimum atomic E-state index is 0.0555. The van der Waals surface area contributed by atoms with Crippen LogP contribution in [0.3, 0.4) is 0 Å². The molecule has 0 bridgehead atoms. The highest BCUT2D eigenvalue weighted by atomic mass is 16.1. The summed E-state index contributed by atoms with van der Waals surface area (Å²) in [5.74, 6) is 0.978. The molecule has 2 N–H and O–H groups in total. The van der Waals surface area contributed by atoms with Crippen LogP contribution >= 0.6 is 0 Å². The van der Waals surface area contributed by atoms with Gasteiger partial charge in [0, 0.05) is 18.0 Å². The lowest BCUT2D eigenvalue weighted by molar-refractivity contribution is -0.123. The molecular formula is C17H34N2O. The Kier molecular flexibility index (Phi) is 7.57. The Morgan fingerprint density at radius 3 is 2.30 bits per heavy atom. The molecule has 1 aliphatic rings. The Morgan fingerprint density at radius 1 is 1.10 bits per heavy atom. The van der Waals surface area contributed by atoms with E-state index in [-0.39, 0.29) is 11.4 Å². The standard InChI is InChI=1S/C17H34N2O/c1-14(2)9-8-10-15(3)19-16(20)13-17(18-4)11-6-5-7-12-17/h14-15,18H,5-13H2,1-4H3,(H,19,20). The maximum absolute atomic E-state index is 12.2. The van der Waals surface area contributed by atoms with Gasteiger partial charge in [0.2, 0.25) is 5.91 Å². The van der Waals surface area contributed by atoms with Crippen molar-refractivity contribution in [2.24, 2.45) is 5.92 Å². The number of nitrogens with one attached hydrogen (secondary N) is 2. The second-order valence-electron chi connectivity index (χ2n) is 7.06. The van der Waals surface area contributed by atoms with Gasteiger partial charge >= 0.3 is 0 Å². The molecule has 118 valence electrons. The fraction of sp³-hybridized carbons (Fsp3) is 0.941. The summed E-state index contributed by atoms with van der Waals surface area (Å²) in [7, 11) is 2.00. The molecule has 0 saturated heterocycles. The maximum Gasteiger partial charge on any atom is 0.222 e. The van der Waals surface area contributed by atoms with Crippen LogP contribution in [0.2, 0.25) is 0 Å². The van der Waals surface area contributed by atoms with Gasteiger partial charge in [-0.15, -0.1) is 0 Å². The Morgan fingerprint density at radius 2 is 1.75 bits per heavy atom. The van der Waals surface area contributed by atoms with Crippen molar-refractivity contribution in [2.75, 3.05) is 7.05 Å². The zero-order valence-electron chi connectivity index (χ0n) is 13.9. The molecule has 0 aliphatic heterocycles. The summed E-state index contributed by atoms with van der Waals surface area (Å²) in [6.07, 6.45) is 10.3. The number of amides is 1. The van der Waals surface area contributed by atoms with Gasteiger partial charge < -0.3 is 10.6 Å². The van der Waals surface area contributed by atoms with Crippen molar-refractivity contribution in [1.82, 2.24) is 10.6 Å². The minimum Gasteiger partial charge on any atom is -0.354 e. The lowest BCUT2D eigenvalue weighted by atomic mass is 9.79. The maximum atomic E-state index is 12.2. The molecule has 1 amide bonds. The third-order valence-corrected chi connectivity index (χ3v) is 4.67. The number of carbonyl (C=O) groups excluding carboxylic acids is 1. The zero-order valence-corrected chi connectivity index (χ0v) is 13.9. The second-order valence-corrected chi connectivity index (χ2v) is 7.06. The van der Waals surface area contributed by atoms with Crippen molar-refractivity contribution < 1.29 is 4.79 Å². The largest absolute Gasteiger partial charge is 0.354 e. The Hall–Kier alpha value is -0.570. The third kappa shape index (κ3) is 6.25. The molecule has 0 radical (unpaired) electrons. The normalized spacial score (nSPS) is 19.9. The lowest BCUT2D eigenvalue weighted by Crippen LogP contribution is -2.49. The first kappa shape index (κ1) is 17.5. The molecule has 20 heavy (non-hydrogen) atoms. The number of hydrogen-bond acceptors (Lipinski definition) is 2. The van der Waals surface area contributed by atoms with Gasteiger partial charge in [0.1, 0.15) is 0 Å². The van der Waals surface area contributed by atoms with Crippen LogP contribution in [0.25, 0.3) is 0 Å². The summed E-state index contributed by atoms with van der Waals surface area (Å²) in [5, 5.41) is 6.60. The van der Waals surface area contributed by atoms with E-state index in [0.29, 0.717) is 12.5 Å². The van der Waals surface area contributed by atoms with Gasteiger partial charge in [-0.25, -0.2) is 0 Å². The minimum absolute atomic E-state index is 0.0555. The highest BCUT2D eigenvalue weighted by molar-refractivity contribution is 5.77. The summed E-state index contributed by atoms with van der Waals surface area (Å²) in [4.78, 5) is 12.2. The molecule has 0 aromatic rings. The molecule has 1 rings (SSSR count). The van der Waals surface area contributed by atoms with Crippen LogP contribution in [0.1, 0.15) is 78.6 Å². The average molecular weight is 282 g/mol.